The molecule has 1 aliphatic rings. The summed E-state index contributed by atoms with van der Waals surface area (Å²) in [6.45, 7) is 4.21. The molecule has 1 N–H and O–H groups in total. The molecule has 1 heterocycles. The SMILES string of the molecule is CCC1(C)CSC(Nc2ccccc2SC(F)F)=N1. The zero-order valence-corrected chi connectivity index (χ0v) is 12.5. The molecule has 0 aromatic heterocycles. The molecule has 0 saturated heterocycles. The summed E-state index contributed by atoms with van der Waals surface area (Å²) in [7, 11) is 0. The Morgan fingerprint density at radius 3 is 2.84 bits per heavy atom. The molecule has 2 nitrogen and oxygen atoms in total. The standard InChI is InChI=1S/C13H16F2N2S2/c1-3-13(2)8-18-12(17-13)16-9-6-4-5-7-10(9)19-11(14)15/h4-7,11H,3,8H2,1-2H3,(H,16,17). The van der Waals surface area contributed by atoms with Crippen molar-refractivity contribution in [3.8, 4) is 0 Å². The predicted octanol–water partition coefficient (Wildman–Crippen LogP) is 4.68. The van der Waals surface area contributed by atoms with Gasteiger partial charge in [-0.15, -0.1) is 0 Å². The van der Waals surface area contributed by atoms with Gasteiger partial charge in [-0.2, -0.15) is 8.78 Å². The van der Waals surface area contributed by atoms with Crippen LogP contribution in [0.1, 0.15) is 20.3 Å². The number of aliphatic imine (C=N–C) groups is 1. The fourth-order valence-electron chi connectivity index (χ4n) is 1.66. The number of amidine groups is 1. The van der Waals surface area contributed by atoms with Crippen LogP contribution in [0.25, 0.3) is 0 Å². The number of halogens is 2. The minimum atomic E-state index is -2.41. The number of thioether (sulfide) groups is 2. The van der Waals surface area contributed by atoms with Crippen molar-refractivity contribution in [2.24, 2.45) is 4.99 Å². The van der Waals surface area contributed by atoms with E-state index in [0.29, 0.717) is 22.3 Å². The van der Waals surface area contributed by atoms with E-state index in [0.717, 1.165) is 17.3 Å². The van der Waals surface area contributed by atoms with Crippen molar-refractivity contribution in [2.45, 2.75) is 36.5 Å². The van der Waals surface area contributed by atoms with Gasteiger partial charge in [0.1, 0.15) is 0 Å². The van der Waals surface area contributed by atoms with Crippen LogP contribution in [0.5, 0.6) is 0 Å². The Bertz CT molecular complexity index is 479. The average Bonchev–Trinajstić information content (AvgIpc) is 2.74. The van der Waals surface area contributed by atoms with Crippen molar-refractivity contribution in [1.82, 2.24) is 0 Å². The van der Waals surface area contributed by atoms with E-state index in [-0.39, 0.29) is 5.54 Å². The van der Waals surface area contributed by atoms with Gasteiger partial charge in [0.15, 0.2) is 5.17 Å². The van der Waals surface area contributed by atoms with Crippen LogP contribution >= 0.6 is 23.5 Å². The van der Waals surface area contributed by atoms with E-state index in [2.05, 4.69) is 24.2 Å². The molecule has 6 heteroatoms. The van der Waals surface area contributed by atoms with Crippen LogP contribution in [-0.2, 0) is 0 Å². The van der Waals surface area contributed by atoms with E-state index in [1.54, 1.807) is 30.0 Å². The summed E-state index contributed by atoms with van der Waals surface area (Å²) in [4.78, 5) is 5.17. The Labute approximate surface area is 120 Å². The van der Waals surface area contributed by atoms with E-state index < -0.39 is 5.76 Å². The number of hydrogen-bond acceptors (Lipinski definition) is 4. The highest BCUT2D eigenvalue weighted by Crippen LogP contribution is 2.35. The fourth-order valence-corrected chi connectivity index (χ4v) is 3.44. The molecule has 0 amide bonds. The van der Waals surface area contributed by atoms with Crippen molar-refractivity contribution in [3.63, 3.8) is 0 Å². The Hall–Kier alpha value is -0.750. The third-order valence-corrected chi connectivity index (χ3v) is 5.02. The average molecular weight is 302 g/mol. The molecule has 0 bridgehead atoms. The van der Waals surface area contributed by atoms with Crippen molar-refractivity contribution < 1.29 is 8.78 Å². The molecular formula is C13H16F2N2S2. The number of hydrogen-bond donors (Lipinski definition) is 1. The second kappa shape index (κ2) is 6.13. The van der Waals surface area contributed by atoms with E-state index in [1.807, 2.05) is 6.07 Å². The molecular weight excluding hydrogens is 286 g/mol. The first-order valence-electron chi connectivity index (χ1n) is 6.06. The molecule has 0 aliphatic carbocycles. The van der Waals surface area contributed by atoms with Crippen molar-refractivity contribution in [3.05, 3.63) is 24.3 Å². The largest absolute Gasteiger partial charge is 0.334 e. The van der Waals surface area contributed by atoms with Gasteiger partial charge in [-0.25, -0.2) is 0 Å². The zero-order valence-electron chi connectivity index (χ0n) is 10.8. The summed E-state index contributed by atoms with van der Waals surface area (Å²) in [5.41, 5.74) is 0.650. The third-order valence-electron chi connectivity index (χ3n) is 3.00. The minimum absolute atomic E-state index is 0.0438. The zero-order chi connectivity index (χ0) is 13.9. The highest BCUT2D eigenvalue weighted by Gasteiger charge is 2.29. The molecule has 104 valence electrons. The van der Waals surface area contributed by atoms with Gasteiger partial charge in [-0.3, -0.25) is 4.99 Å². The van der Waals surface area contributed by atoms with Crippen LogP contribution in [0.3, 0.4) is 0 Å². The molecule has 1 aromatic rings. The number of nitrogens with one attached hydrogen (secondary N) is 1. The van der Waals surface area contributed by atoms with Crippen LogP contribution in [0.2, 0.25) is 0 Å². The van der Waals surface area contributed by atoms with Crippen LogP contribution in [0.4, 0.5) is 14.5 Å². The molecule has 0 spiro atoms. The monoisotopic (exact) mass is 302 g/mol. The molecule has 19 heavy (non-hydrogen) atoms. The molecule has 1 aliphatic heterocycles. The number of para-hydroxylation sites is 1. The highest BCUT2D eigenvalue weighted by atomic mass is 32.2. The first-order chi connectivity index (χ1) is 9.02. The molecule has 0 saturated carbocycles. The van der Waals surface area contributed by atoms with Crippen molar-refractivity contribution >= 4 is 34.4 Å². The molecule has 1 aromatic carbocycles. The van der Waals surface area contributed by atoms with Gasteiger partial charge in [0.25, 0.3) is 5.76 Å². The van der Waals surface area contributed by atoms with E-state index in [1.165, 1.54) is 0 Å². The quantitative estimate of drug-likeness (QED) is 0.817. The Morgan fingerprint density at radius 1 is 1.47 bits per heavy atom. The second-order valence-electron chi connectivity index (χ2n) is 4.56. The highest BCUT2D eigenvalue weighted by molar-refractivity contribution is 8.14. The number of anilines is 1. The lowest BCUT2D eigenvalue weighted by Crippen LogP contribution is -2.20. The van der Waals surface area contributed by atoms with Crippen LogP contribution in [0.15, 0.2) is 34.2 Å². The Morgan fingerprint density at radius 2 is 2.21 bits per heavy atom. The topological polar surface area (TPSA) is 24.4 Å². The van der Waals surface area contributed by atoms with Crippen LogP contribution in [-0.4, -0.2) is 22.2 Å². The maximum absolute atomic E-state index is 12.5. The Kier molecular flexibility index (Phi) is 4.73. The summed E-state index contributed by atoms with van der Waals surface area (Å²) in [6, 6.07) is 7.08. The molecule has 1 unspecified atom stereocenters. The van der Waals surface area contributed by atoms with Gasteiger partial charge in [0, 0.05) is 10.6 Å². The summed E-state index contributed by atoms with van der Waals surface area (Å²) >= 11 is 2.19. The minimum Gasteiger partial charge on any atom is -0.334 e. The number of rotatable bonds is 4. The van der Waals surface area contributed by atoms with Gasteiger partial charge in [0.05, 0.1) is 11.2 Å². The first-order valence-corrected chi connectivity index (χ1v) is 7.92. The Balaban J connectivity index is 2.14. The van der Waals surface area contributed by atoms with E-state index in [9.17, 15) is 8.78 Å². The second-order valence-corrected chi connectivity index (χ2v) is 6.55. The lowest BCUT2D eigenvalue weighted by molar-refractivity contribution is 0.252. The summed E-state index contributed by atoms with van der Waals surface area (Å²) < 4.78 is 25.0. The molecule has 0 radical (unpaired) electrons. The third kappa shape index (κ3) is 3.86. The van der Waals surface area contributed by atoms with E-state index >= 15 is 0 Å². The van der Waals surface area contributed by atoms with Gasteiger partial charge in [-0.1, -0.05) is 42.6 Å². The smallest absolute Gasteiger partial charge is 0.288 e. The number of benzene rings is 1. The summed E-state index contributed by atoms with van der Waals surface area (Å²) in [6.07, 6.45) is 0.971. The van der Waals surface area contributed by atoms with Gasteiger partial charge >= 0.3 is 0 Å². The number of nitrogens with zero attached hydrogens (tertiary/aromatic N) is 1. The van der Waals surface area contributed by atoms with Gasteiger partial charge in [0.2, 0.25) is 0 Å². The lowest BCUT2D eigenvalue weighted by atomic mass is 10.0. The molecule has 1 atom stereocenters. The summed E-state index contributed by atoms with van der Waals surface area (Å²) in [5, 5.41) is 3.97. The van der Waals surface area contributed by atoms with Crippen LogP contribution < -0.4 is 5.32 Å². The van der Waals surface area contributed by atoms with Crippen LogP contribution in [0, 0.1) is 0 Å². The predicted molar refractivity (Wildman–Crippen MR) is 80.5 cm³/mol. The van der Waals surface area contributed by atoms with E-state index in [4.69, 9.17) is 0 Å². The maximum Gasteiger partial charge on any atom is 0.288 e. The molecule has 2 rings (SSSR count). The van der Waals surface area contributed by atoms with Crippen molar-refractivity contribution in [2.75, 3.05) is 11.1 Å². The first kappa shape index (κ1) is 14.7. The number of alkyl halides is 2. The normalized spacial score (nSPS) is 22.7. The van der Waals surface area contributed by atoms with Crippen molar-refractivity contribution in [1.29, 1.82) is 0 Å². The maximum atomic E-state index is 12.5. The fraction of sp³-hybridized carbons (Fsp3) is 0.462. The van der Waals surface area contributed by atoms with Gasteiger partial charge in [-0.05, 0) is 25.5 Å². The van der Waals surface area contributed by atoms with Gasteiger partial charge < -0.3 is 5.32 Å². The lowest BCUT2D eigenvalue weighted by Gasteiger charge is -2.15. The molecule has 0 fully saturated rings. The summed E-state index contributed by atoms with van der Waals surface area (Å²) in [5.74, 6) is -1.49.